The molecule has 2 atom stereocenters. The number of nitrogens with one attached hydrogen (secondary N) is 1. The summed E-state index contributed by atoms with van der Waals surface area (Å²) in [6.45, 7) is 4.03. The zero-order valence-electron chi connectivity index (χ0n) is 11.2. The van der Waals surface area contributed by atoms with Crippen LogP contribution in [0.15, 0.2) is 24.3 Å². The molecule has 2 N–H and O–H groups in total. The van der Waals surface area contributed by atoms with Gasteiger partial charge in [0.25, 0.3) is 5.69 Å². The molecule has 2 unspecified atom stereocenters. The van der Waals surface area contributed by atoms with Crippen molar-refractivity contribution in [1.29, 1.82) is 0 Å². The minimum absolute atomic E-state index is 0.0331. The second-order valence-electron chi connectivity index (χ2n) is 5.27. The molecule has 1 heterocycles. The van der Waals surface area contributed by atoms with Crippen molar-refractivity contribution in [3.05, 3.63) is 39.9 Å². The number of hydrogen-bond donors (Lipinski definition) is 2. The van der Waals surface area contributed by atoms with Crippen LogP contribution < -0.4 is 5.32 Å². The van der Waals surface area contributed by atoms with Gasteiger partial charge in [-0.25, -0.2) is 0 Å². The number of benzene rings is 1. The molecule has 0 radical (unpaired) electrons. The van der Waals surface area contributed by atoms with Crippen LogP contribution in [0, 0.1) is 10.1 Å². The van der Waals surface area contributed by atoms with Crippen LogP contribution in [0.4, 0.5) is 10.5 Å². The van der Waals surface area contributed by atoms with Crippen molar-refractivity contribution < 1.29 is 14.8 Å². The molecule has 8 heteroatoms. The minimum atomic E-state index is -1.29. The van der Waals surface area contributed by atoms with E-state index in [1.165, 1.54) is 6.07 Å². The van der Waals surface area contributed by atoms with Crippen LogP contribution in [0.3, 0.4) is 0 Å². The standard InChI is InChI=1S/C11H13N2O2S.CHO2.Mg/c1-11(2)7-12-10(16-11)8-4-3-5-9(6-8)13(14)15;2-1-3;/h3-7,10,12H,1-2H3;(H,2,3);. The highest BCUT2D eigenvalue weighted by Gasteiger charge is 2.43. The largest absolute Gasteiger partial charge is 0.559 e. The molecule has 0 spiro atoms. The van der Waals surface area contributed by atoms with Gasteiger partial charge in [-0.15, -0.1) is 11.8 Å². The quantitative estimate of drug-likeness (QED) is 0.504. The third-order valence-electron chi connectivity index (χ3n) is 3.38. The lowest BCUT2D eigenvalue weighted by molar-refractivity contribution is -0.384. The molecule has 0 bridgehead atoms. The fourth-order valence-electron chi connectivity index (χ4n) is 2.25. The number of rotatable bonds is 4. The Balaban J connectivity index is 2.21. The van der Waals surface area contributed by atoms with E-state index in [1.807, 2.05) is 19.9 Å². The molecule has 1 aromatic rings. The van der Waals surface area contributed by atoms with E-state index in [4.69, 9.17) is 5.11 Å². The number of nitro groups is 1. The Bertz CT molecular complexity index is 552. The lowest BCUT2D eigenvalue weighted by Crippen LogP contribution is -2.44. The molecule has 20 heavy (non-hydrogen) atoms. The first kappa shape index (κ1) is 15.6. The molecule has 0 aliphatic carbocycles. The highest BCUT2D eigenvalue weighted by molar-refractivity contribution is 8.01. The maximum Gasteiger partial charge on any atom is 0.559 e. The second-order valence-corrected chi connectivity index (χ2v) is 8.86. The Morgan fingerprint density at radius 2 is 2.25 bits per heavy atom. The molecule has 2 rings (SSSR count). The molecule has 1 aliphatic heterocycles. The average Bonchev–Trinajstić information content (AvgIpc) is 2.64. The van der Waals surface area contributed by atoms with E-state index in [2.05, 4.69) is 5.32 Å². The van der Waals surface area contributed by atoms with Crippen LogP contribution in [-0.4, -0.2) is 43.4 Å². The Morgan fingerprint density at radius 1 is 1.55 bits per heavy atom. The summed E-state index contributed by atoms with van der Waals surface area (Å²) in [6.07, 6.45) is 0. The van der Waals surface area contributed by atoms with Gasteiger partial charge in [-0.3, -0.25) is 14.9 Å². The highest BCUT2D eigenvalue weighted by atomic mass is 32.2. The lowest BCUT2D eigenvalue weighted by Gasteiger charge is -2.23. The van der Waals surface area contributed by atoms with Crippen LogP contribution in [0.25, 0.3) is 0 Å². The zero-order valence-corrected chi connectivity index (χ0v) is 13.4. The lowest BCUT2D eigenvalue weighted by atomic mass is 10.1. The van der Waals surface area contributed by atoms with E-state index in [1.54, 1.807) is 23.9 Å². The summed E-state index contributed by atoms with van der Waals surface area (Å²) in [7, 11) is 0. The van der Waals surface area contributed by atoms with Crippen LogP contribution in [0.2, 0.25) is 0 Å². The number of carboxylic acid groups (broad SMARTS) is 1. The molecule has 6 nitrogen and oxygen atoms in total. The van der Waals surface area contributed by atoms with Gasteiger partial charge < -0.3 is 10.4 Å². The van der Waals surface area contributed by atoms with Gasteiger partial charge in [0.05, 0.1) is 10.3 Å². The maximum absolute atomic E-state index is 11.0. The van der Waals surface area contributed by atoms with E-state index in [0.717, 1.165) is 5.56 Å². The van der Waals surface area contributed by atoms with E-state index in [-0.39, 0.29) is 20.0 Å². The van der Waals surface area contributed by atoms with Crippen molar-refractivity contribution in [1.82, 2.24) is 5.32 Å². The van der Waals surface area contributed by atoms with Gasteiger partial charge in [-0.05, 0) is 5.56 Å². The van der Waals surface area contributed by atoms with Gasteiger partial charge >= 0.3 is 20.4 Å². The molecule has 1 saturated heterocycles. The summed E-state index contributed by atoms with van der Waals surface area (Å²) in [6, 6.07) is 6.49. The summed E-state index contributed by atoms with van der Waals surface area (Å²) in [5, 5.41) is 23.0. The number of nitro benzene ring substituents is 1. The second kappa shape index (κ2) is 5.88. The first-order valence-electron chi connectivity index (χ1n) is 6.19. The molecule has 1 aromatic carbocycles. The summed E-state index contributed by atoms with van der Waals surface area (Å²) in [5.41, 5.74) is 0.876. The molecule has 104 valence electrons. The van der Waals surface area contributed by atoms with Gasteiger partial charge in [0.2, 0.25) is 0 Å². The molecule has 0 saturated carbocycles. The van der Waals surface area contributed by atoms with Gasteiger partial charge in [-0.2, -0.15) is 0 Å². The summed E-state index contributed by atoms with van der Waals surface area (Å²) >= 11 is 0.336. The van der Waals surface area contributed by atoms with E-state index in [9.17, 15) is 14.9 Å². The fraction of sp³-hybridized carbons (Fsp3) is 0.417. The van der Waals surface area contributed by atoms with Gasteiger partial charge in [0.1, 0.15) is 4.10 Å². The van der Waals surface area contributed by atoms with Crippen LogP contribution >= 0.6 is 11.8 Å². The van der Waals surface area contributed by atoms with E-state index in [0.29, 0.717) is 0 Å². The zero-order chi connectivity index (χ0) is 14.9. The Labute approximate surface area is 130 Å². The van der Waals surface area contributed by atoms with E-state index >= 15 is 0 Å². The van der Waals surface area contributed by atoms with Crippen molar-refractivity contribution in [3.8, 4) is 0 Å². The number of thioether (sulfide) groups is 1. The fourth-order valence-corrected chi connectivity index (χ4v) is 5.51. The number of hydrogen-bond acceptors (Lipinski definition) is 5. The van der Waals surface area contributed by atoms with Crippen molar-refractivity contribution in [2.75, 3.05) is 0 Å². The Kier molecular flexibility index (Phi) is 4.57. The molecule has 1 aliphatic rings. The van der Waals surface area contributed by atoms with Crippen LogP contribution in [0.1, 0.15) is 24.8 Å². The van der Waals surface area contributed by atoms with Crippen LogP contribution in [-0.2, 0) is 0 Å². The third kappa shape index (κ3) is 3.43. The minimum Gasteiger partial charge on any atom is -0.506 e. The number of non-ortho nitro benzene ring substituents is 1. The molecule has 0 amide bonds. The molecular weight excluding hydrogens is 293 g/mol. The summed E-state index contributed by atoms with van der Waals surface area (Å²) < 4.78 is -0.926. The number of carbonyl (C=O) groups is 1. The van der Waals surface area contributed by atoms with Gasteiger partial charge in [0, 0.05) is 16.9 Å². The summed E-state index contributed by atoms with van der Waals surface area (Å²) in [5.74, 6) is 0. The van der Waals surface area contributed by atoms with Gasteiger partial charge in [0.15, 0.2) is 0 Å². The summed E-state index contributed by atoms with van der Waals surface area (Å²) in [4.78, 5) is 21.3. The van der Waals surface area contributed by atoms with E-state index < -0.39 is 29.4 Å². The van der Waals surface area contributed by atoms with Crippen LogP contribution in [0.5, 0.6) is 0 Å². The van der Waals surface area contributed by atoms with Gasteiger partial charge in [-0.1, -0.05) is 30.2 Å². The monoisotopic (exact) mass is 306 g/mol. The predicted molar refractivity (Wildman–Crippen MR) is 78.2 cm³/mol. The first-order valence-corrected chi connectivity index (χ1v) is 8.60. The predicted octanol–water partition coefficient (Wildman–Crippen LogP) is 2.42. The van der Waals surface area contributed by atoms with Crippen molar-refractivity contribution in [2.24, 2.45) is 0 Å². The van der Waals surface area contributed by atoms with Crippen molar-refractivity contribution >= 4 is 41.9 Å². The van der Waals surface area contributed by atoms with Crippen molar-refractivity contribution in [2.45, 2.75) is 28.1 Å². The molecule has 0 aromatic heterocycles. The average molecular weight is 307 g/mol. The number of nitrogens with zero attached hydrogens (tertiary/aromatic N) is 1. The molecule has 1 fully saturated rings. The topological polar surface area (TPSA) is 92.5 Å². The van der Waals surface area contributed by atoms with Crippen molar-refractivity contribution in [3.63, 3.8) is 0 Å². The Morgan fingerprint density at radius 3 is 2.85 bits per heavy atom. The smallest absolute Gasteiger partial charge is 0.506 e. The third-order valence-corrected chi connectivity index (χ3v) is 7.22. The maximum atomic E-state index is 11.0. The highest BCUT2D eigenvalue weighted by Crippen LogP contribution is 2.45. The normalized spacial score (nSPS) is 24.1. The Hall–Kier alpha value is -0.834. The molecular formula is C12H14MgN2O4S. The SMILES string of the molecule is CC1(C)SC(c2cccc([N+](=O)[O-])c2)N[CH]1[Mg][C](=O)O. The first-order chi connectivity index (χ1) is 9.29.